The lowest BCUT2D eigenvalue weighted by Gasteiger charge is -2.39. The normalized spacial score (nSPS) is 16.3. The minimum atomic E-state index is 0.00825. The number of rotatable bonds is 4. The fraction of sp³-hybridized carbons (Fsp3) is 0.316. The van der Waals surface area contributed by atoms with Crippen molar-refractivity contribution in [3.05, 3.63) is 71.8 Å². The van der Waals surface area contributed by atoms with E-state index >= 15 is 0 Å². The maximum absolute atomic E-state index is 12.6. The molecule has 0 aliphatic carbocycles. The zero-order valence-electron chi connectivity index (χ0n) is 13.0. The predicted molar refractivity (Wildman–Crippen MR) is 88.6 cm³/mol. The summed E-state index contributed by atoms with van der Waals surface area (Å²) >= 11 is 0. The molecule has 1 aliphatic rings. The van der Waals surface area contributed by atoms with E-state index in [0.29, 0.717) is 6.54 Å². The minimum Gasteiger partial charge on any atom is -0.329 e. The topological polar surface area (TPSA) is 23.6 Å². The summed E-state index contributed by atoms with van der Waals surface area (Å²) in [5.41, 5.74) is 2.35. The molecule has 0 aromatic heterocycles. The van der Waals surface area contributed by atoms with Gasteiger partial charge in [0.2, 0.25) is 5.91 Å². The number of piperazine rings is 1. The highest BCUT2D eigenvalue weighted by molar-refractivity contribution is 5.80. The quantitative estimate of drug-likeness (QED) is 0.865. The largest absolute Gasteiger partial charge is 0.329 e. The molecule has 22 heavy (non-hydrogen) atoms. The highest BCUT2D eigenvalue weighted by Crippen LogP contribution is 2.29. The van der Waals surface area contributed by atoms with Crippen LogP contribution in [-0.4, -0.2) is 41.9 Å². The summed E-state index contributed by atoms with van der Waals surface area (Å²) in [5, 5.41) is 0. The van der Waals surface area contributed by atoms with Gasteiger partial charge in [0.05, 0.1) is 12.6 Å². The third kappa shape index (κ3) is 3.04. The monoisotopic (exact) mass is 294 g/mol. The third-order valence-electron chi connectivity index (χ3n) is 4.33. The fourth-order valence-electron chi connectivity index (χ4n) is 3.10. The highest BCUT2D eigenvalue weighted by atomic mass is 16.2. The second-order valence-electron chi connectivity index (χ2n) is 5.68. The van der Waals surface area contributed by atoms with Crippen molar-refractivity contribution in [2.45, 2.75) is 13.0 Å². The summed E-state index contributed by atoms with van der Waals surface area (Å²) < 4.78 is 0. The van der Waals surface area contributed by atoms with Gasteiger partial charge in [-0.05, 0) is 17.7 Å². The van der Waals surface area contributed by atoms with Gasteiger partial charge in [-0.25, -0.2) is 0 Å². The molecule has 1 saturated heterocycles. The maximum atomic E-state index is 12.6. The van der Waals surface area contributed by atoms with Gasteiger partial charge in [-0.15, -0.1) is 0 Å². The first-order valence-corrected chi connectivity index (χ1v) is 7.91. The van der Waals surface area contributed by atoms with Crippen molar-refractivity contribution < 1.29 is 4.79 Å². The van der Waals surface area contributed by atoms with E-state index in [-0.39, 0.29) is 11.9 Å². The number of benzene rings is 2. The van der Waals surface area contributed by atoms with E-state index in [0.717, 1.165) is 19.6 Å². The van der Waals surface area contributed by atoms with Gasteiger partial charge in [0.1, 0.15) is 0 Å². The van der Waals surface area contributed by atoms with Crippen LogP contribution in [-0.2, 0) is 4.79 Å². The molecule has 0 radical (unpaired) electrons. The molecule has 0 unspecified atom stereocenters. The number of amides is 1. The Balaban J connectivity index is 1.95. The molecule has 0 atom stereocenters. The van der Waals surface area contributed by atoms with Gasteiger partial charge in [-0.3, -0.25) is 9.69 Å². The van der Waals surface area contributed by atoms with E-state index < -0.39 is 0 Å². The molecule has 0 N–H and O–H groups in total. The molecule has 3 nitrogen and oxygen atoms in total. The Hall–Kier alpha value is -2.13. The number of hydrogen-bond acceptors (Lipinski definition) is 2. The van der Waals surface area contributed by atoms with Crippen molar-refractivity contribution >= 4 is 5.91 Å². The lowest BCUT2D eigenvalue weighted by molar-refractivity contribution is -0.137. The van der Waals surface area contributed by atoms with Crippen LogP contribution in [0.2, 0.25) is 0 Å². The van der Waals surface area contributed by atoms with Crippen LogP contribution in [0.25, 0.3) is 0 Å². The number of nitrogens with zero attached hydrogens (tertiary/aromatic N) is 2. The molecule has 0 bridgehead atoms. The molecule has 1 heterocycles. The first kappa shape index (κ1) is 14.8. The summed E-state index contributed by atoms with van der Waals surface area (Å²) in [4.78, 5) is 16.9. The third-order valence-corrected chi connectivity index (χ3v) is 4.33. The van der Waals surface area contributed by atoms with E-state index in [1.807, 2.05) is 41.3 Å². The first-order valence-electron chi connectivity index (χ1n) is 7.91. The second-order valence-corrected chi connectivity index (χ2v) is 5.68. The summed E-state index contributed by atoms with van der Waals surface area (Å²) in [5.74, 6) is 0.214. The Morgan fingerprint density at radius 3 is 1.91 bits per heavy atom. The van der Waals surface area contributed by atoms with Gasteiger partial charge in [0.25, 0.3) is 0 Å². The van der Waals surface area contributed by atoms with E-state index in [4.69, 9.17) is 0 Å². The summed E-state index contributed by atoms with van der Waals surface area (Å²) in [6.45, 7) is 5.28. The second kappa shape index (κ2) is 6.75. The number of carbonyl (C=O) groups excluding carboxylic acids is 1. The van der Waals surface area contributed by atoms with Gasteiger partial charge in [-0.1, -0.05) is 67.6 Å². The Bertz CT molecular complexity index is 572. The molecule has 1 aliphatic heterocycles. The van der Waals surface area contributed by atoms with Crippen molar-refractivity contribution in [3.63, 3.8) is 0 Å². The van der Waals surface area contributed by atoms with E-state index in [2.05, 4.69) is 36.1 Å². The Morgan fingerprint density at radius 1 is 0.909 bits per heavy atom. The van der Waals surface area contributed by atoms with Gasteiger partial charge < -0.3 is 4.90 Å². The smallest absolute Gasteiger partial charge is 0.237 e. The molecule has 114 valence electrons. The number of likely N-dealkylation sites (N-methyl/N-ethyl adjacent to an activating group) is 1. The standard InChI is InChI=1S/C19H22N2O/c1-2-20-13-14-21(18(22)15-20)19(16-9-5-3-6-10-16)17-11-7-4-8-12-17/h3-12,19H,2,13-15H2,1H3. The van der Waals surface area contributed by atoms with E-state index in [1.165, 1.54) is 11.1 Å². The fourth-order valence-corrected chi connectivity index (χ4v) is 3.10. The number of hydrogen-bond donors (Lipinski definition) is 0. The van der Waals surface area contributed by atoms with Crippen molar-refractivity contribution in [1.29, 1.82) is 0 Å². The molecule has 3 rings (SSSR count). The van der Waals surface area contributed by atoms with Crippen LogP contribution in [0, 0.1) is 0 Å². The van der Waals surface area contributed by atoms with Gasteiger partial charge >= 0.3 is 0 Å². The van der Waals surface area contributed by atoms with Crippen LogP contribution < -0.4 is 0 Å². The zero-order chi connectivity index (χ0) is 15.4. The Kier molecular flexibility index (Phi) is 4.54. The van der Waals surface area contributed by atoms with Crippen molar-refractivity contribution in [2.24, 2.45) is 0 Å². The summed E-state index contributed by atoms with van der Waals surface area (Å²) in [7, 11) is 0. The van der Waals surface area contributed by atoms with Gasteiger partial charge in [-0.2, -0.15) is 0 Å². The minimum absolute atomic E-state index is 0.00825. The first-order chi connectivity index (χ1) is 10.8. The van der Waals surface area contributed by atoms with Crippen LogP contribution >= 0.6 is 0 Å². The van der Waals surface area contributed by atoms with E-state index in [1.54, 1.807) is 0 Å². The summed E-state index contributed by atoms with van der Waals surface area (Å²) in [6, 6.07) is 20.6. The lowest BCUT2D eigenvalue weighted by Crippen LogP contribution is -2.51. The van der Waals surface area contributed by atoms with Crippen LogP contribution in [0.3, 0.4) is 0 Å². The molecular formula is C19H22N2O. The lowest BCUT2D eigenvalue weighted by atomic mass is 9.96. The zero-order valence-corrected chi connectivity index (χ0v) is 13.0. The summed E-state index contributed by atoms with van der Waals surface area (Å²) in [6.07, 6.45) is 0. The molecule has 1 amide bonds. The Labute approximate surface area is 132 Å². The van der Waals surface area contributed by atoms with E-state index in [9.17, 15) is 4.79 Å². The molecule has 0 spiro atoms. The van der Waals surface area contributed by atoms with Gasteiger partial charge in [0, 0.05) is 13.1 Å². The SMILES string of the molecule is CCN1CCN(C(c2ccccc2)c2ccccc2)C(=O)C1. The van der Waals surface area contributed by atoms with Crippen LogP contribution in [0.1, 0.15) is 24.1 Å². The molecule has 0 saturated carbocycles. The predicted octanol–water partition coefficient (Wildman–Crippen LogP) is 2.94. The highest BCUT2D eigenvalue weighted by Gasteiger charge is 2.30. The van der Waals surface area contributed by atoms with Crippen LogP contribution in [0.4, 0.5) is 0 Å². The molecular weight excluding hydrogens is 272 g/mol. The number of carbonyl (C=O) groups is 1. The average molecular weight is 294 g/mol. The maximum Gasteiger partial charge on any atom is 0.237 e. The van der Waals surface area contributed by atoms with Crippen LogP contribution in [0.15, 0.2) is 60.7 Å². The average Bonchev–Trinajstić information content (AvgIpc) is 2.58. The Morgan fingerprint density at radius 2 is 1.45 bits per heavy atom. The molecule has 2 aromatic rings. The van der Waals surface area contributed by atoms with Crippen molar-refractivity contribution in [1.82, 2.24) is 9.80 Å². The van der Waals surface area contributed by atoms with Gasteiger partial charge in [0.15, 0.2) is 0 Å². The molecule has 3 heteroatoms. The van der Waals surface area contributed by atoms with Crippen LogP contribution in [0.5, 0.6) is 0 Å². The molecule has 2 aromatic carbocycles. The molecule has 1 fully saturated rings. The van der Waals surface area contributed by atoms with Crippen molar-refractivity contribution in [2.75, 3.05) is 26.2 Å². The van der Waals surface area contributed by atoms with Crippen molar-refractivity contribution in [3.8, 4) is 0 Å².